The molecule has 0 aromatic heterocycles. The Balaban J connectivity index is 0. The Labute approximate surface area is 475 Å². The summed E-state index contributed by atoms with van der Waals surface area (Å²) in [6, 6.07) is 4.29. The molecular weight excluding hydrogens is 1150 g/mol. The Morgan fingerprint density at radius 2 is 1.08 bits per heavy atom. The number of hydrogen-bond donors (Lipinski definition) is 1. The van der Waals surface area contributed by atoms with E-state index in [0.717, 1.165) is 43.2 Å². The fourth-order valence-electron chi connectivity index (χ4n) is 5.29. The minimum Gasteiger partial charge on any atom is -0.490 e. The molecule has 0 spiro atoms. The maximum absolute atomic E-state index is 14.9. The molecule has 1 aromatic carbocycles. The largest absolute Gasteiger partial charge is 0.490 e. The van der Waals surface area contributed by atoms with Crippen molar-refractivity contribution in [1.29, 1.82) is 0 Å². The highest BCUT2D eigenvalue weighted by Gasteiger charge is 2.73. The molecule has 0 saturated carbocycles. The van der Waals surface area contributed by atoms with Gasteiger partial charge in [0.05, 0.1) is 29.9 Å². The number of alkyl carbamates (subject to hydrolysis) is 1. The van der Waals surface area contributed by atoms with E-state index < -0.39 is 101 Å². The number of nitrogens with one attached hydrogen (secondary N) is 1. The topological polar surface area (TPSA) is 215 Å². The molecule has 0 saturated heterocycles. The molecule has 480 valence electrons. The molecular formula is C54H79F12NO16. The lowest BCUT2D eigenvalue weighted by molar-refractivity contribution is -0.457. The van der Waals surface area contributed by atoms with Gasteiger partial charge in [-0.25, -0.2) is 18.8 Å². The van der Waals surface area contributed by atoms with Crippen LogP contribution in [0, 0.1) is 16.7 Å². The van der Waals surface area contributed by atoms with Gasteiger partial charge < -0.3 is 43.2 Å². The van der Waals surface area contributed by atoms with Gasteiger partial charge in [0.1, 0.15) is 45.4 Å². The number of halogens is 12. The van der Waals surface area contributed by atoms with Gasteiger partial charge in [-0.05, 0) is 91.5 Å². The summed E-state index contributed by atoms with van der Waals surface area (Å²) < 4.78 is 201. The highest BCUT2D eigenvalue weighted by Crippen LogP contribution is 2.47. The summed E-state index contributed by atoms with van der Waals surface area (Å²) >= 11 is 0. The quantitative estimate of drug-likeness (QED) is 0.0170. The van der Waals surface area contributed by atoms with Gasteiger partial charge in [-0.3, -0.25) is 23.9 Å². The van der Waals surface area contributed by atoms with Crippen LogP contribution < -0.4 is 10.1 Å². The fraction of sp³-hybridized carbons (Fsp3) is 0.722. The standard InChI is InChI=1S/C27H30F12O8.C14H23NO6.C13H26O2/c1-7-20(2,3)18(41)44-13-12-43-16-10-8-15(9-11-16)17(40)21(4,5)46-19(42)24(31,26(35,36)37)47-27(38,39)22(6,28)45-14-23(29,30)25(32,33)34;1-5-11(16)19-8-7-15-13(18)21-10-9-20-12(17)14(3,4)6-2;1-4-6-7-8-9-10-11-15-13(14)12(3)5-2/h8-11H,7,12-14H2,1-6H3;5H,1,6-10H2,2-4H3,(H,15,18);12H,4-11H2,1-3H3. The molecule has 0 bridgehead atoms. The molecule has 1 amide bonds. The van der Waals surface area contributed by atoms with Gasteiger partial charge in [0, 0.05) is 18.6 Å². The Morgan fingerprint density at radius 3 is 1.55 bits per heavy atom. The van der Waals surface area contributed by atoms with Crippen molar-refractivity contribution >= 4 is 41.7 Å². The van der Waals surface area contributed by atoms with Crippen LogP contribution in [-0.2, 0) is 61.9 Å². The summed E-state index contributed by atoms with van der Waals surface area (Å²) in [6.07, 6.45) is -9.90. The third-order valence-corrected chi connectivity index (χ3v) is 11.9. The van der Waals surface area contributed by atoms with E-state index in [2.05, 4.69) is 37.8 Å². The summed E-state index contributed by atoms with van der Waals surface area (Å²) in [5, 5.41) is 2.38. The summed E-state index contributed by atoms with van der Waals surface area (Å²) in [5.74, 6) is -23.7. The molecule has 1 rings (SSSR count). The second-order valence-electron chi connectivity index (χ2n) is 20.1. The number of esters is 5. The lowest BCUT2D eigenvalue weighted by atomic mass is 9.91. The van der Waals surface area contributed by atoms with Crippen LogP contribution in [0.5, 0.6) is 5.75 Å². The van der Waals surface area contributed by atoms with Crippen LogP contribution in [0.4, 0.5) is 57.5 Å². The van der Waals surface area contributed by atoms with E-state index in [9.17, 15) is 86.2 Å². The van der Waals surface area contributed by atoms with Crippen molar-refractivity contribution in [2.45, 2.75) is 183 Å². The first-order valence-corrected chi connectivity index (χ1v) is 26.2. The Bertz CT molecular complexity index is 2190. The molecule has 3 unspecified atom stereocenters. The SMILES string of the molecule is C=CC(=O)OCCNC(=O)OCCOC(=O)C(C)(C)CC.CCC(C)(C)C(=O)OCCOc1ccc(C(=O)C(C)(C)OC(=O)C(F)(OC(F)(F)C(C)(F)OCC(F)(F)C(F)(F)F)C(F)(F)F)cc1.CCCCCCCCOC(=O)C(C)CC. The van der Waals surface area contributed by atoms with Crippen LogP contribution in [0.25, 0.3) is 0 Å². The third kappa shape index (κ3) is 28.5. The smallest absolute Gasteiger partial charge is 0.460 e. The van der Waals surface area contributed by atoms with Gasteiger partial charge in [-0.1, -0.05) is 73.3 Å². The first-order chi connectivity index (χ1) is 37.9. The number of alkyl halides is 12. The minimum atomic E-state index is -6.84. The van der Waals surface area contributed by atoms with E-state index >= 15 is 0 Å². The third-order valence-electron chi connectivity index (χ3n) is 11.9. The van der Waals surface area contributed by atoms with E-state index in [1.165, 1.54) is 32.1 Å². The highest BCUT2D eigenvalue weighted by atomic mass is 19.4. The number of Topliss-reactive ketones (excluding diaryl/α,β-unsaturated/α-hetero) is 1. The maximum Gasteiger partial charge on any atom is 0.460 e. The summed E-state index contributed by atoms with van der Waals surface area (Å²) in [6.45, 7) is 17.7. The zero-order valence-corrected chi connectivity index (χ0v) is 48.8. The fourth-order valence-corrected chi connectivity index (χ4v) is 5.29. The van der Waals surface area contributed by atoms with Crippen molar-refractivity contribution in [2.24, 2.45) is 16.7 Å². The van der Waals surface area contributed by atoms with Crippen molar-refractivity contribution in [1.82, 2.24) is 5.32 Å². The number of carbonyl (C=O) groups excluding carboxylic acids is 7. The number of benzene rings is 1. The number of carbonyl (C=O) groups is 7. The molecule has 0 heterocycles. The van der Waals surface area contributed by atoms with Gasteiger partial charge in [-0.2, -0.15) is 48.3 Å². The predicted octanol–water partition coefficient (Wildman–Crippen LogP) is 12.6. The first kappa shape index (κ1) is 79.2. The Morgan fingerprint density at radius 1 is 0.590 bits per heavy atom. The Kier molecular flexibility index (Phi) is 33.8. The zero-order valence-electron chi connectivity index (χ0n) is 48.8. The van der Waals surface area contributed by atoms with E-state index in [1.54, 1.807) is 34.6 Å². The summed E-state index contributed by atoms with van der Waals surface area (Å²) in [4.78, 5) is 81.8. The van der Waals surface area contributed by atoms with E-state index in [0.29, 0.717) is 33.3 Å². The number of rotatable bonds is 34. The van der Waals surface area contributed by atoms with E-state index in [1.807, 2.05) is 20.8 Å². The Hall–Kier alpha value is -5.87. The van der Waals surface area contributed by atoms with Crippen molar-refractivity contribution < 1.29 is 129 Å². The molecule has 0 aliphatic heterocycles. The summed E-state index contributed by atoms with van der Waals surface area (Å²) in [5.41, 5.74) is -4.48. The molecule has 1 N–H and O–H groups in total. The maximum atomic E-state index is 14.9. The normalized spacial score (nSPS) is 14.0. The minimum absolute atomic E-state index is 0.00112. The van der Waals surface area contributed by atoms with Gasteiger partial charge in [0.25, 0.3) is 5.85 Å². The van der Waals surface area contributed by atoms with Crippen LogP contribution in [0.15, 0.2) is 36.9 Å². The molecule has 3 atom stereocenters. The van der Waals surface area contributed by atoms with Gasteiger partial charge in [-0.15, -0.1) is 0 Å². The number of amides is 1. The molecule has 1 aromatic rings. The summed E-state index contributed by atoms with van der Waals surface area (Å²) in [7, 11) is 0. The first-order valence-electron chi connectivity index (χ1n) is 26.2. The van der Waals surface area contributed by atoms with Crippen LogP contribution in [0.1, 0.15) is 151 Å². The second kappa shape index (κ2) is 35.4. The predicted molar refractivity (Wildman–Crippen MR) is 273 cm³/mol. The second-order valence-corrected chi connectivity index (χ2v) is 20.1. The van der Waals surface area contributed by atoms with Crippen molar-refractivity contribution in [2.75, 3.05) is 52.8 Å². The van der Waals surface area contributed by atoms with Gasteiger partial charge >= 0.3 is 66.2 Å². The lowest BCUT2D eigenvalue weighted by Crippen LogP contribution is -2.61. The van der Waals surface area contributed by atoms with Crippen LogP contribution in [-0.4, -0.2) is 136 Å². The molecule has 83 heavy (non-hydrogen) atoms. The molecule has 0 fully saturated rings. The number of hydrogen-bond acceptors (Lipinski definition) is 16. The van der Waals surface area contributed by atoms with Crippen molar-refractivity contribution in [3.05, 3.63) is 42.5 Å². The van der Waals surface area contributed by atoms with E-state index in [4.69, 9.17) is 23.7 Å². The van der Waals surface area contributed by atoms with Crippen molar-refractivity contribution in [3.8, 4) is 5.75 Å². The molecule has 0 radical (unpaired) electrons. The zero-order chi connectivity index (χ0) is 64.9. The average molecular weight is 1230 g/mol. The van der Waals surface area contributed by atoms with Crippen molar-refractivity contribution in [3.63, 3.8) is 0 Å². The van der Waals surface area contributed by atoms with Crippen LogP contribution >= 0.6 is 0 Å². The van der Waals surface area contributed by atoms with Gasteiger partial charge in [0.15, 0.2) is 5.60 Å². The van der Waals surface area contributed by atoms with E-state index in [-0.39, 0.29) is 63.2 Å². The lowest BCUT2D eigenvalue weighted by Gasteiger charge is -2.36. The highest BCUT2D eigenvalue weighted by molar-refractivity contribution is 6.03. The molecule has 29 heteroatoms. The average Bonchev–Trinajstić information content (AvgIpc) is 3.53. The number of unbranched alkanes of at least 4 members (excludes halogenated alkanes) is 5. The number of ether oxygens (including phenoxy) is 9. The number of ketones is 1. The molecule has 17 nitrogen and oxygen atoms in total. The molecule has 0 aliphatic carbocycles. The van der Waals surface area contributed by atoms with Gasteiger partial charge in [0.2, 0.25) is 5.78 Å². The monoisotopic (exact) mass is 1230 g/mol. The van der Waals surface area contributed by atoms with Crippen LogP contribution in [0.2, 0.25) is 0 Å². The molecule has 0 aliphatic rings. The van der Waals surface area contributed by atoms with Crippen LogP contribution in [0.3, 0.4) is 0 Å².